The highest BCUT2D eigenvalue weighted by atomic mass is 15.2. The molecule has 0 spiro atoms. The average Bonchev–Trinajstić information content (AvgIpc) is 2.58. The highest BCUT2D eigenvalue weighted by Gasteiger charge is 2.05. The van der Waals surface area contributed by atoms with Crippen LogP contribution in [0.3, 0.4) is 0 Å². The molecule has 1 aromatic carbocycles. The zero-order valence-electron chi connectivity index (χ0n) is 5.99. The Balaban J connectivity index is 2.23. The minimum Gasteiger partial charge on any atom is -0.360 e. The number of hydrogen-bond acceptors (Lipinski definition) is 2. The van der Waals surface area contributed by atoms with Crippen molar-refractivity contribution in [3.63, 3.8) is 0 Å². The largest absolute Gasteiger partial charge is 0.360 e. The van der Waals surface area contributed by atoms with Gasteiger partial charge in [0.15, 0.2) is 0 Å². The van der Waals surface area contributed by atoms with Gasteiger partial charge in [0.05, 0.1) is 0 Å². The molecule has 0 unspecified atom stereocenters. The fourth-order valence-electron chi connectivity index (χ4n) is 0.995. The summed E-state index contributed by atoms with van der Waals surface area (Å²) in [6, 6.07) is 10.1. The second-order valence-corrected chi connectivity index (χ2v) is 2.28. The molecule has 11 heavy (non-hydrogen) atoms. The molecule has 0 saturated heterocycles. The van der Waals surface area contributed by atoms with Crippen molar-refractivity contribution in [2.24, 2.45) is 0 Å². The second-order valence-electron chi connectivity index (χ2n) is 2.28. The third kappa shape index (κ3) is 1.19. The summed E-state index contributed by atoms with van der Waals surface area (Å²) in [5.41, 5.74) is 1.12. The number of anilines is 1. The van der Waals surface area contributed by atoms with Crippen LogP contribution in [0.15, 0.2) is 42.7 Å². The number of nitrogens with one attached hydrogen (secondary N) is 1. The zero-order valence-corrected chi connectivity index (χ0v) is 5.99. The van der Waals surface area contributed by atoms with Gasteiger partial charge in [-0.3, -0.25) is 0 Å². The van der Waals surface area contributed by atoms with E-state index < -0.39 is 0 Å². The van der Waals surface area contributed by atoms with Crippen molar-refractivity contribution in [1.82, 2.24) is 5.32 Å². The SMILES string of the molecule is [C]1NC=CN1c1ccccc1. The first kappa shape index (κ1) is 6.28. The van der Waals surface area contributed by atoms with Crippen LogP contribution in [0.2, 0.25) is 0 Å². The van der Waals surface area contributed by atoms with Gasteiger partial charge in [0.1, 0.15) is 0 Å². The summed E-state index contributed by atoms with van der Waals surface area (Å²) in [6.07, 6.45) is 3.77. The predicted octanol–water partition coefficient (Wildman–Crippen LogP) is 1.56. The monoisotopic (exact) mass is 144 g/mol. The van der Waals surface area contributed by atoms with Crippen LogP contribution in [0.5, 0.6) is 0 Å². The van der Waals surface area contributed by atoms with Gasteiger partial charge in [0, 0.05) is 18.1 Å². The van der Waals surface area contributed by atoms with E-state index in [-0.39, 0.29) is 0 Å². The minimum atomic E-state index is 1.12. The highest BCUT2D eigenvalue weighted by molar-refractivity contribution is 5.51. The lowest BCUT2D eigenvalue weighted by molar-refractivity contribution is 1.04. The molecule has 0 bridgehead atoms. The normalized spacial score (nSPS) is 15.1. The Morgan fingerprint density at radius 3 is 2.64 bits per heavy atom. The molecule has 2 nitrogen and oxygen atoms in total. The van der Waals surface area contributed by atoms with Crippen molar-refractivity contribution < 1.29 is 0 Å². The van der Waals surface area contributed by atoms with Crippen molar-refractivity contribution >= 4 is 5.69 Å². The molecule has 1 aliphatic heterocycles. The topological polar surface area (TPSA) is 15.3 Å². The fraction of sp³-hybridized carbons (Fsp3) is 0. The summed E-state index contributed by atoms with van der Waals surface area (Å²) in [4.78, 5) is 1.90. The number of para-hydroxylation sites is 1. The number of nitrogens with zero attached hydrogens (tertiary/aromatic N) is 1. The maximum absolute atomic E-state index is 2.95. The molecule has 0 amide bonds. The third-order valence-corrected chi connectivity index (χ3v) is 1.53. The predicted molar refractivity (Wildman–Crippen MR) is 44.4 cm³/mol. The Morgan fingerprint density at radius 1 is 1.18 bits per heavy atom. The molecule has 1 heterocycles. The fourth-order valence-corrected chi connectivity index (χ4v) is 0.995. The quantitative estimate of drug-likeness (QED) is 0.643. The lowest BCUT2D eigenvalue weighted by Crippen LogP contribution is -2.12. The lowest BCUT2D eigenvalue weighted by Gasteiger charge is -2.11. The van der Waals surface area contributed by atoms with E-state index in [0.29, 0.717) is 0 Å². The van der Waals surface area contributed by atoms with Gasteiger partial charge in [0.25, 0.3) is 0 Å². The first-order chi connectivity index (χ1) is 5.47. The zero-order chi connectivity index (χ0) is 7.52. The van der Waals surface area contributed by atoms with Crippen molar-refractivity contribution in [3.05, 3.63) is 49.4 Å². The van der Waals surface area contributed by atoms with E-state index in [1.54, 1.807) is 0 Å². The van der Waals surface area contributed by atoms with Crippen molar-refractivity contribution in [1.29, 1.82) is 0 Å². The summed E-state index contributed by atoms with van der Waals surface area (Å²) < 4.78 is 0. The molecule has 2 radical (unpaired) electrons. The van der Waals surface area contributed by atoms with Crippen molar-refractivity contribution in [2.45, 2.75) is 0 Å². The van der Waals surface area contributed by atoms with Crippen molar-refractivity contribution in [3.8, 4) is 0 Å². The molecule has 2 heteroatoms. The summed E-state index contributed by atoms with van der Waals surface area (Å²) in [7, 11) is 0. The van der Waals surface area contributed by atoms with Gasteiger partial charge in [-0.25, -0.2) is 0 Å². The Labute approximate surface area is 66.1 Å². The summed E-state index contributed by atoms with van der Waals surface area (Å²) >= 11 is 0. The van der Waals surface area contributed by atoms with E-state index in [9.17, 15) is 0 Å². The van der Waals surface area contributed by atoms with Crippen LogP contribution in [0, 0.1) is 6.67 Å². The van der Waals surface area contributed by atoms with E-state index in [1.165, 1.54) is 0 Å². The van der Waals surface area contributed by atoms with Crippen LogP contribution in [0.1, 0.15) is 0 Å². The van der Waals surface area contributed by atoms with E-state index in [4.69, 9.17) is 0 Å². The molecule has 1 N–H and O–H groups in total. The van der Waals surface area contributed by atoms with E-state index in [2.05, 4.69) is 12.0 Å². The van der Waals surface area contributed by atoms with Crippen LogP contribution >= 0.6 is 0 Å². The van der Waals surface area contributed by atoms with Gasteiger partial charge in [-0.15, -0.1) is 0 Å². The highest BCUT2D eigenvalue weighted by Crippen LogP contribution is 2.15. The lowest BCUT2D eigenvalue weighted by atomic mass is 10.3. The Kier molecular flexibility index (Phi) is 1.52. The maximum atomic E-state index is 2.95. The summed E-state index contributed by atoms with van der Waals surface area (Å²) in [5, 5.41) is 2.87. The Morgan fingerprint density at radius 2 is 2.00 bits per heavy atom. The van der Waals surface area contributed by atoms with Gasteiger partial charge < -0.3 is 10.2 Å². The molecule has 0 atom stereocenters. The number of rotatable bonds is 1. The molecular weight excluding hydrogens is 136 g/mol. The Hall–Kier alpha value is -1.44. The number of benzene rings is 1. The van der Waals surface area contributed by atoms with Crippen LogP contribution < -0.4 is 10.2 Å². The van der Waals surface area contributed by atoms with E-state index in [1.807, 2.05) is 47.6 Å². The van der Waals surface area contributed by atoms with E-state index in [0.717, 1.165) is 5.69 Å². The van der Waals surface area contributed by atoms with Gasteiger partial charge in [-0.2, -0.15) is 0 Å². The van der Waals surface area contributed by atoms with Gasteiger partial charge in [-0.05, 0) is 12.1 Å². The van der Waals surface area contributed by atoms with Crippen molar-refractivity contribution in [2.75, 3.05) is 4.90 Å². The molecule has 1 aromatic rings. The van der Waals surface area contributed by atoms with E-state index >= 15 is 0 Å². The van der Waals surface area contributed by atoms with Crippen LogP contribution in [0.4, 0.5) is 5.69 Å². The smallest absolute Gasteiger partial charge is 0.209 e. The second kappa shape index (κ2) is 2.66. The standard InChI is InChI=1S/C9H8N2/c1-2-4-9(5-3-1)11-7-6-10-8-11/h1-7,10H. The molecule has 0 fully saturated rings. The summed E-state index contributed by atoms with van der Waals surface area (Å²) in [5.74, 6) is 0. The van der Waals surface area contributed by atoms with Crippen LogP contribution in [-0.2, 0) is 0 Å². The number of hydrogen-bond donors (Lipinski definition) is 1. The molecule has 0 aliphatic carbocycles. The summed E-state index contributed by atoms with van der Waals surface area (Å²) in [6.45, 7) is 2.95. The average molecular weight is 144 g/mol. The first-order valence-electron chi connectivity index (χ1n) is 3.49. The molecule has 2 rings (SSSR count). The van der Waals surface area contributed by atoms with Crippen LogP contribution in [-0.4, -0.2) is 0 Å². The van der Waals surface area contributed by atoms with Gasteiger partial charge >= 0.3 is 0 Å². The van der Waals surface area contributed by atoms with Gasteiger partial charge in [0.2, 0.25) is 6.67 Å². The molecule has 1 aliphatic rings. The molecule has 0 aromatic heterocycles. The third-order valence-electron chi connectivity index (χ3n) is 1.53. The first-order valence-corrected chi connectivity index (χ1v) is 3.49. The molecule has 0 saturated carbocycles. The van der Waals surface area contributed by atoms with Gasteiger partial charge in [-0.1, -0.05) is 18.2 Å². The maximum Gasteiger partial charge on any atom is 0.209 e. The van der Waals surface area contributed by atoms with Crippen LogP contribution in [0.25, 0.3) is 0 Å². The minimum absolute atomic E-state index is 1.12. The molecular formula is C9H8N2. The molecule has 54 valence electrons. The Bertz CT molecular complexity index is 254.